The van der Waals surface area contributed by atoms with Crippen molar-refractivity contribution in [2.24, 2.45) is 0 Å². The van der Waals surface area contributed by atoms with Crippen molar-refractivity contribution in [2.45, 2.75) is 39.2 Å². The smallest absolute Gasteiger partial charge is 0.263 e. The van der Waals surface area contributed by atoms with Gasteiger partial charge in [0.1, 0.15) is 4.88 Å². The van der Waals surface area contributed by atoms with Crippen LogP contribution in [0.25, 0.3) is 0 Å². The zero-order valence-corrected chi connectivity index (χ0v) is 10.9. The number of carbonyl (C=O) groups is 1. The first-order valence-corrected chi connectivity index (χ1v) is 6.05. The average Bonchev–Trinajstić information content (AvgIpc) is 2.61. The van der Waals surface area contributed by atoms with Crippen molar-refractivity contribution < 1.29 is 9.90 Å². The lowest BCUT2D eigenvalue weighted by Crippen LogP contribution is -2.29. The molecule has 1 aromatic rings. The molecule has 1 aromatic heterocycles. The lowest BCUT2D eigenvalue weighted by Gasteiger charge is -2.13. The van der Waals surface area contributed by atoms with Crippen molar-refractivity contribution in [3.8, 4) is 0 Å². The number of nitrogens with zero attached hydrogens (tertiary/aromatic N) is 1. The van der Waals surface area contributed by atoms with Gasteiger partial charge in [-0.25, -0.2) is 4.98 Å². The summed E-state index contributed by atoms with van der Waals surface area (Å²) in [6.07, 6.45) is 1.06. The topological polar surface area (TPSA) is 62.2 Å². The number of rotatable bonds is 3. The average molecular weight is 242 g/mol. The van der Waals surface area contributed by atoms with Gasteiger partial charge in [-0.05, 0) is 6.92 Å². The molecule has 0 radical (unpaired) electrons. The second-order valence-electron chi connectivity index (χ2n) is 4.84. The van der Waals surface area contributed by atoms with Gasteiger partial charge in [0.25, 0.3) is 5.91 Å². The Balaban J connectivity index is 2.67. The molecule has 2 N–H and O–H groups in total. The van der Waals surface area contributed by atoms with Crippen molar-refractivity contribution in [3.05, 3.63) is 16.1 Å². The lowest BCUT2D eigenvalue weighted by atomic mass is 9.98. The molecule has 0 saturated carbocycles. The molecule has 0 fully saturated rings. The van der Waals surface area contributed by atoms with Crippen LogP contribution in [0.15, 0.2) is 6.20 Å². The Hall–Kier alpha value is -0.940. The third kappa shape index (κ3) is 3.57. The maximum atomic E-state index is 11.6. The number of amides is 1. The third-order valence-electron chi connectivity index (χ3n) is 1.93. The Labute approximate surface area is 99.7 Å². The summed E-state index contributed by atoms with van der Waals surface area (Å²) >= 11 is 1.39. The van der Waals surface area contributed by atoms with E-state index in [0.717, 1.165) is 5.01 Å². The number of aliphatic hydroxyl groups is 1. The summed E-state index contributed by atoms with van der Waals surface area (Å²) in [5, 5.41) is 12.6. The van der Waals surface area contributed by atoms with Gasteiger partial charge in [0.2, 0.25) is 0 Å². The molecular formula is C11H18N2O2S. The van der Waals surface area contributed by atoms with E-state index in [-0.39, 0.29) is 17.9 Å². The normalized spacial score (nSPS) is 13.6. The van der Waals surface area contributed by atoms with Crippen LogP contribution in [0.5, 0.6) is 0 Å². The summed E-state index contributed by atoms with van der Waals surface area (Å²) in [7, 11) is 0. The molecule has 1 amide bonds. The van der Waals surface area contributed by atoms with E-state index in [4.69, 9.17) is 5.11 Å². The highest BCUT2D eigenvalue weighted by molar-refractivity contribution is 7.13. The monoisotopic (exact) mass is 242 g/mol. The minimum Gasteiger partial charge on any atom is -0.392 e. The fraction of sp³-hybridized carbons (Fsp3) is 0.636. The first kappa shape index (κ1) is 13.1. The SMILES string of the molecule is CC(O)CNC(=O)c1cnc(C(C)(C)C)s1. The highest BCUT2D eigenvalue weighted by Gasteiger charge is 2.20. The van der Waals surface area contributed by atoms with E-state index in [1.54, 1.807) is 13.1 Å². The molecular weight excluding hydrogens is 224 g/mol. The first-order valence-electron chi connectivity index (χ1n) is 5.23. The second-order valence-corrected chi connectivity index (χ2v) is 5.87. The van der Waals surface area contributed by atoms with Crippen molar-refractivity contribution in [2.75, 3.05) is 6.54 Å². The Morgan fingerprint density at radius 2 is 2.25 bits per heavy atom. The van der Waals surface area contributed by atoms with Crippen molar-refractivity contribution in [3.63, 3.8) is 0 Å². The standard InChI is InChI=1S/C11H18N2O2S/c1-7(14)5-12-9(15)8-6-13-10(16-8)11(2,3)4/h6-7,14H,5H2,1-4H3,(H,12,15). The van der Waals surface area contributed by atoms with Crippen molar-refractivity contribution >= 4 is 17.2 Å². The molecule has 0 aliphatic heterocycles. The summed E-state index contributed by atoms with van der Waals surface area (Å²) in [5.41, 5.74) is -0.0343. The Kier molecular flexibility index (Phi) is 4.04. The van der Waals surface area contributed by atoms with Crippen molar-refractivity contribution in [1.82, 2.24) is 10.3 Å². The zero-order valence-electron chi connectivity index (χ0n) is 10.1. The van der Waals surface area contributed by atoms with Gasteiger partial charge in [0, 0.05) is 12.0 Å². The molecule has 0 aliphatic rings. The van der Waals surface area contributed by atoms with Crippen LogP contribution < -0.4 is 5.32 Å². The third-order valence-corrected chi connectivity index (χ3v) is 3.35. The van der Waals surface area contributed by atoms with E-state index in [0.29, 0.717) is 4.88 Å². The molecule has 0 aliphatic carbocycles. The fourth-order valence-corrected chi connectivity index (χ4v) is 1.94. The number of hydrogen-bond acceptors (Lipinski definition) is 4. The van der Waals surface area contributed by atoms with Gasteiger partial charge in [-0.3, -0.25) is 4.79 Å². The van der Waals surface area contributed by atoms with E-state index in [1.165, 1.54) is 11.3 Å². The van der Waals surface area contributed by atoms with E-state index in [9.17, 15) is 4.79 Å². The van der Waals surface area contributed by atoms with Gasteiger partial charge in [-0.1, -0.05) is 20.8 Å². The predicted molar refractivity (Wildman–Crippen MR) is 64.8 cm³/mol. The highest BCUT2D eigenvalue weighted by Crippen LogP contribution is 2.26. The van der Waals surface area contributed by atoms with Crippen molar-refractivity contribution in [1.29, 1.82) is 0 Å². The van der Waals surface area contributed by atoms with Crippen LogP contribution in [0.2, 0.25) is 0 Å². The molecule has 1 rings (SSSR count). The molecule has 0 spiro atoms. The number of hydrogen-bond donors (Lipinski definition) is 2. The van der Waals surface area contributed by atoms with Crippen LogP contribution in [0.4, 0.5) is 0 Å². The maximum Gasteiger partial charge on any atom is 0.263 e. The van der Waals surface area contributed by atoms with Crippen LogP contribution in [0.3, 0.4) is 0 Å². The van der Waals surface area contributed by atoms with Gasteiger partial charge < -0.3 is 10.4 Å². The van der Waals surface area contributed by atoms with Gasteiger partial charge in [-0.15, -0.1) is 11.3 Å². The number of thiazole rings is 1. The Morgan fingerprint density at radius 3 is 2.69 bits per heavy atom. The van der Waals surface area contributed by atoms with Gasteiger partial charge in [0.05, 0.1) is 17.3 Å². The Bertz CT molecular complexity index is 366. The molecule has 0 aromatic carbocycles. The van der Waals surface area contributed by atoms with E-state index in [2.05, 4.69) is 31.1 Å². The summed E-state index contributed by atoms with van der Waals surface area (Å²) in [4.78, 5) is 16.5. The number of aliphatic hydroxyl groups excluding tert-OH is 1. The van der Waals surface area contributed by atoms with E-state index in [1.807, 2.05) is 0 Å². The largest absolute Gasteiger partial charge is 0.392 e. The van der Waals surface area contributed by atoms with Gasteiger partial charge in [-0.2, -0.15) is 0 Å². The summed E-state index contributed by atoms with van der Waals surface area (Å²) in [5.74, 6) is -0.172. The maximum absolute atomic E-state index is 11.6. The second kappa shape index (κ2) is 4.93. The molecule has 90 valence electrons. The van der Waals surface area contributed by atoms with Gasteiger partial charge in [0.15, 0.2) is 0 Å². The summed E-state index contributed by atoms with van der Waals surface area (Å²) in [6.45, 7) is 8.07. The lowest BCUT2D eigenvalue weighted by molar-refractivity contribution is 0.0928. The molecule has 0 bridgehead atoms. The summed E-state index contributed by atoms with van der Waals surface area (Å²) in [6, 6.07) is 0. The van der Waals surface area contributed by atoms with Crippen LogP contribution in [0, 0.1) is 0 Å². The van der Waals surface area contributed by atoms with Crippen LogP contribution in [0.1, 0.15) is 42.4 Å². The summed E-state index contributed by atoms with van der Waals surface area (Å²) < 4.78 is 0. The van der Waals surface area contributed by atoms with Gasteiger partial charge >= 0.3 is 0 Å². The molecule has 1 unspecified atom stereocenters. The first-order chi connectivity index (χ1) is 7.30. The Morgan fingerprint density at radius 1 is 1.62 bits per heavy atom. The molecule has 16 heavy (non-hydrogen) atoms. The van der Waals surface area contributed by atoms with Crippen LogP contribution in [-0.4, -0.2) is 28.6 Å². The minimum absolute atomic E-state index is 0.0343. The van der Waals surface area contributed by atoms with E-state index >= 15 is 0 Å². The fourth-order valence-electron chi connectivity index (χ4n) is 1.05. The molecule has 1 heterocycles. The quantitative estimate of drug-likeness (QED) is 0.845. The molecule has 0 saturated heterocycles. The minimum atomic E-state index is -0.529. The molecule has 5 heteroatoms. The molecule has 1 atom stereocenters. The number of carbonyl (C=O) groups excluding carboxylic acids is 1. The highest BCUT2D eigenvalue weighted by atomic mass is 32.1. The van der Waals surface area contributed by atoms with Crippen LogP contribution in [-0.2, 0) is 5.41 Å². The molecule has 4 nitrogen and oxygen atoms in total. The zero-order chi connectivity index (χ0) is 12.3. The van der Waals surface area contributed by atoms with E-state index < -0.39 is 6.10 Å². The van der Waals surface area contributed by atoms with Crippen LogP contribution >= 0.6 is 11.3 Å². The number of nitrogens with one attached hydrogen (secondary N) is 1. The number of aromatic nitrogens is 1. The predicted octanol–water partition coefficient (Wildman–Crippen LogP) is 1.55.